The molecule has 0 bridgehead atoms. The van der Waals surface area contributed by atoms with Gasteiger partial charge in [-0.25, -0.2) is 10.4 Å². The minimum atomic E-state index is -0.306. The number of benzene rings is 2. The maximum absolute atomic E-state index is 12.7. The number of amides is 2. The Labute approximate surface area is 183 Å². The Morgan fingerprint density at radius 3 is 2.88 bits per heavy atom. The number of hydrogen-bond acceptors (Lipinski definition) is 4. The molecular formula is C24H20N6O2. The van der Waals surface area contributed by atoms with Crippen molar-refractivity contribution in [3.63, 3.8) is 0 Å². The number of anilines is 1. The van der Waals surface area contributed by atoms with E-state index in [0.29, 0.717) is 23.6 Å². The number of carbonyl (C=O) groups is 2. The van der Waals surface area contributed by atoms with Gasteiger partial charge in [-0.15, -0.1) is 0 Å². The first kappa shape index (κ1) is 18.6. The fourth-order valence-electron chi connectivity index (χ4n) is 4.52. The molecule has 1 aliphatic heterocycles. The maximum atomic E-state index is 12.7. The highest BCUT2D eigenvalue weighted by atomic mass is 16.2. The summed E-state index contributed by atoms with van der Waals surface area (Å²) >= 11 is 0. The molecule has 0 radical (unpaired) electrons. The predicted molar refractivity (Wildman–Crippen MR) is 121 cm³/mol. The average Bonchev–Trinajstić information content (AvgIpc) is 3.22. The van der Waals surface area contributed by atoms with Gasteiger partial charge in [-0.2, -0.15) is 5.10 Å². The first-order valence-electron chi connectivity index (χ1n) is 10.5. The summed E-state index contributed by atoms with van der Waals surface area (Å²) in [6, 6.07) is 13.5. The van der Waals surface area contributed by atoms with E-state index in [1.807, 2.05) is 36.4 Å². The lowest BCUT2D eigenvalue weighted by atomic mass is 10.0. The van der Waals surface area contributed by atoms with Gasteiger partial charge in [0.25, 0.3) is 5.91 Å². The summed E-state index contributed by atoms with van der Waals surface area (Å²) in [6.45, 7) is 0. The number of hydrazone groups is 1. The summed E-state index contributed by atoms with van der Waals surface area (Å²) in [5, 5.41) is 7.84. The van der Waals surface area contributed by atoms with Crippen molar-refractivity contribution in [3.8, 4) is 11.3 Å². The Morgan fingerprint density at radius 2 is 2.06 bits per heavy atom. The second kappa shape index (κ2) is 7.19. The molecule has 1 saturated carbocycles. The number of nitrogens with one attached hydrogen (secondary N) is 4. The molecular weight excluding hydrogens is 404 g/mol. The number of aromatic amines is 2. The van der Waals surface area contributed by atoms with Crippen LogP contribution in [0, 0.1) is 5.92 Å². The molecule has 2 atom stereocenters. The van der Waals surface area contributed by atoms with Crippen LogP contribution in [0.1, 0.15) is 40.5 Å². The molecule has 2 amide bonds. The third-order valence-electron chi connectivity index (χ3n) is 6.13. The van der Waals surface area contributed by atoms with E-state index in [-0.39, 0.29) is 17.7 Å². The van der Waals surface area contributed by atoms with E-state index in [0.717, 1.165) is 40.0 Å². The summed E-state index contributed by atoms with van der Waals surface area (Å²) in [7, 11) is 0. The molecule has 6 rings (SSSR count). The number of carbonyl (C=O) groups excluding carboxylic acids is 2. The van der Waals surface area contributed by atoms with Crippen molar-refractivity contribution in [3.05, 3.63) is 71.8 Å². The summed E-state index contributed by atoms with van der Waals surface area (Å²) in [5.74, 6) is 1.15. The Bertz CT molecular complexity index is 1370. The monoisotopic (exact) mass is 424 g/mol. The average molecular weight is 424 g/mol. The molecule has 8 nitrogen and oxygen atoms in total. The molecule has 0 saturated heterocycles. The van der Waals surface area contributed by atoms with Gasteiger partial charge >= 0.3 is 0 Å². The van der Waals surface area contributed by atoms with Crippen LogP contribution in [0.15, 0.2) is 60.0 Å². The number of rotatable bonds is 5. The van der Waals surface area contributed by atoms with E-state index in [9.17, 15) is 9.59 Å². The number of hydrogen-bond donors (Lipinski definition) is 4. The molecule has 2 aromatic carbocycles. The Hall–Kier alpha value is -4.20. The van der Waals surface area contributed by atoms with Crippen LogP contribution in [-0.2, 0) is 4.79 Å². The standard InChI is InChI=1S/C24H20N6O2/c31-20(9-14-8-16(14)23-25-6-7-26-23)28-15-10-17-21-18(12-27-30-24(17)32)22(29-19(21)11-15)13-4-2-1-3-5-13/h1-7,10-12,14,16,29H,8-9H2,(H,25,26)(H,28,31)(H,30,32). The second-order valence-corrected chi connectivity index (χ2v) is 8.25. The highest BCUT2D eigenvalue weighted by molar-refractivity contribution is 6.18. The van der Waals surface area contributed by atoms with E-state index in [1.165, 1.54) is 0 Å². The number of H-pyrrole nitrogens is 2. The van der Waals surface area contributed by atoms with E-state index in [4.69, 9.17) is 0 Å². The van der Waals surface area contributed by atoms with Gasteiger partial charge in [-0.05, 0) is 30.0 Å². The predicted octanol–water partition coefficient (Wildman–Crippen LogP) is 3.77. The Morgan fingerprint density at radius 1 is 1.19 bits per heavy atom. The highest BCUT2D eigenvalue weighted by Crippen LogP contribution is 2.48. The summed E-state index contributed by atoms with van der Waals surface area (Å²) in [4.78, 5) is 36.2. The van der Waals surface area contributed by atoms with E-state index in [2.05, 4.69) is 30.8 Å². The van der Waals surface area contributed by atoms with E-state index in [1.54, 1.807) is 24.7 Å². The summed E-state index contributed by atoms with van der Waals surface area (Å²) in [6.07, 6.45) is 6.56. The zero-order valence-corrected chi connectivity index (χ0v) is 17.1. The molecule has 1 fully saturated rings. The van der Waals surface area contributed by atoms with Gasteiger partial charge in [0.1, 0.15) is 5.82 Å². The fraction of sp³-hybridized carbons (Fsp3) is 0.167. The van der Waals surface area contributed by atoms with E-state index < -0.39 is 0 Å². The van der Waals surface area contributed by atoms with Crippen molar-refractivity contribution < 1.29 is 9.59 Å². The molecule has 0 spiro atoms. The molecule has 4 aromatic rings. The van der Waals surface area contributed by atoms with Crippen molar-refractivity contribution in [2.45, 2.75) is 18.8 Å². The van der Waals surface area contributed by atoms with Crippen LogP contribution < -0.4 is 10.7 Å². The number of imidazole rings is 1. The van der Waals surface area contributed by atoms with Gasteiger partial charge in [-0.3, -0.25) is 9.59 Å². The van der Waals surface area contributed by atoms with Crippen LogP contribution >= 0.6 is 0 Å². The molecule has 32 heavy (non-hydrogen) atoms. The smallest absolute Gasteiger partial charge is 0.272 e. The van der Waals surface area contributed by atoms with Crippen molar-refractivity contribution in [1.29, 1.82) is 0 Å². The van der Waals surface area contributed by atoms with Crippen molar-refractivity contribution >= 4 is 34.6 Å². The molecule has 8 heteroatoms. The number of aromatic nitrogens is 3. The molecule has 4 N–H and O–H groups in total. The van der Waals surface area contributed by atoms with Crippen LogP contribution in [0.4, 0.5) is 5.69 Å². The van der Waals surface area contributed by atoms with Crippen LogP contribution in [0.25, 0.3) is 22.2 Å². The van der Waals surface area contributed by atoms with Crippen LogP contribution in [0.5, 0.6) is 0 Å². The van der Waals surface area contributed by atoms with Crippen molar-refractivity contribution in [1.82, 2.24) is 20.4 Å². The SMILES string of the molecule is O=C(CC1CC1c1ncc[nH]1)Nc1cc2c3c(c(-c4ccccc4)[nH]c3c1)C=NNC2=O. The van der Waals surface area contributed by atoms with Gasteiger partial charge in [0, 0.05) is 46.9 Å². The first-order valence-corrected chi connectivity index (χ1v) is 10.5. The topological polar surface area (TPSA) is 115 Å². The lowest BCUT2D eigenvalue weighted by Crippen LogP contribution is -2.17. The highest BCUT2D eigenvalue weighted by Gasteiger charge is 2.41. The minimum Gasteiger partial charge on any atom is -0.354 e. The molecule has 3 heterocycles. The molecule has 1 aliphatic carbocycles. The molecule has 158 valence electrons. The Kier molecular flexibility index (Phi) is 4.17. The third-order valence-corrected chi connectivity index (χ3v) is 6.13. The lowest BCUT2D eigenvalue weighted by Gasteiger charge is -2.08. The largest absolute Gasteiger partial charge is 0.354 e. The molecule has 2 aromatic heterocycles. The van der Waals surface area contributed by atoms with Crippen molar-refractivity contribution in [2.75, 3.05) is 5.32 Å². The van der Waals surface area contributed by atoms with Crippen LogP contribution in [0.2, 0.25) is 0 Å². The molecule has 2 unspecified atom stereocenters. The zero-order chi connectivity index (χ0) is 21.7. The first-order chi connectivity index (χ1) is 15.7. The van der Waals surface area contributed by atoms with Crippen LogP contribution in [0.3, 0.4) is 0 Å². The van der Waals surface area contributed by atoms with Gasteiger partial charge in [0.15, 0.2) is 0 Å². The summed E-state index contributed by atoms with van der Waals surface area (Å²) < 4.78 is 0. The van der Waals surface area contributed by atoms with E-state index >= 15 is 0 Å². The van der Waals surface area contributed by atoms with Crippen molar-refractivity contribution in [2.24, 2.45) is 11.0 Å². The molecule has 2 aliphatic rings. The lowest BCUT2D eigenvalue weighted by molar-refractivity contribution is -0.116. The third kappa shape index (κ3) is 3.17. The fourth-order valence-corrected chi connectivity index (χ4v) is 4.52. The van der Waals surface area contributed by atoms with Gasteiger partial charge in [-0.1, -0.05) is 30.3 Å². The quantitative estimate of drug-likeness (QED) is 0.391. The summed E-state index contributed by atoms with van der Waals surface area (Å²) in [5.41, 5.74) is 7.10. The minimum absolute atomic E-state index is 0.0732. The Balaban J connectivity index is 1.31. The number of nitrogens with zero attached hydrogens (tertiary/aromatic N) is 2. The maximum Gasteiger partial charge on any atom is 0.272 e. The van der Waals surface area contributed by atoms with Crippen LogP contribution in [-0.4, -0.2) is 33.0 Å². The zero-order valence-electron chi connectivity index (χ0n) is 17.1. The van der Waals surface area contributed by atoms with Gasteiger partial charge in [0.2, 0.25) is 5.91 Å². The normalized spacial score (nSPS) is 18.9. The second-order valence-electron chi connectivity index (χ2n) is 8.25. The van der Waals surface area contributed by atoms with Gasteiger partial charge in [0.05, 0.1) is 17.5 Å². The van der Waals surface area contributed by atoms with Gasteiger partial charge < -0.3 is 15.3 Å².